The fourth-order valence-electron chi connectivity index (χ4n) is 3.67. The molecule has 0 aliphatic carbocycles. The first-order chi connectivity index (χ1) is 15.2. The number of amides is 1. The molecule has 0 unspecified atom stereocenters. The fourth-order valence-corrected chi connectivity index (χ4v) is 3.67. The van der Waals surface area contributed by atoms with Gasteiger partial charge in [0.05, 0.1) is 32.4 Å². The van der Waals surface area contributed by atoms with Crippen LogP contribution in [-0.4, -0.2) is 67.1 Å². The number of carbonyl (C=O) groups excluding carboxylic acids is 1. The second-order valence-corrected chi connectivity index (χ2v) is 7.52. The minimum atomic E-state index is -0.120. The molecular formula is C24H28N4O3. The number of carbonyl (C=O) groups is 1. The maximum Gasteiger partial charge on any atom is 0.255 e. The molecule has 1 saturated heterocycles. The predicted molar refractivity (Wildman–Crippen MR) is 119 cm³/mol. The summed E-state index contributed by atoms with van der Waals surface area (Å²) >= 11 is 0. The highest BCUT2D eigenvalue weighted by molar-refractivity contribution is 5.99. The maximum absolute atomic E-state index is 13.1. The molecule has 1 N–H and O–H groups in total. The van der Waals surface area contributed by atoms with Crippen molar-refractivity contribution in [3.05, 3.63) is 71.9 Å². The first kappa shape index (κ1) is 21.1. The van der Waals surface area contributed by atoms with E-state index in [1.165, 1.54) is 0 Å². The second kappa shape index (κ2) is 10.2. The Morgan fingerprint density at radius 1 is 1.13 bits per heavy atom. The Bertz CT molecular complexity index is 997. The zero-order valence-electron chi connectivity index (χ0n) is 17.8. The molecule has 0 saturated carbocycles. The van der Waals surface area contributed by atoms with Crippen LogP contribution in [0.2, 0.25) is 0 Å². The van der Waals surface area contributed by atoms with Gasteiger partial charge in [0.15, 0.2) is 0 Å². The summed E-state index contributed by atoms with van der Waals surface area (Å²) in [5.41, 5.74) is 3.19. The molecule has 0 bridgehead atoms. The highest BCUT2D eigenvalue weighted by Gasteiger charge is 2.19. The molecule has 1 fully saturated rings. The molecule has 4 rings (SSSR count). The Labute approximate surface area is 182 Å². The molecule has 7 nitrogen and oxygen atoms in total. The topological polar surface area (TPSA) is 68.6 Å². The summed E-state index contributed by atoms with van der Waals surface area (Å²) < 4.78 is 12.6. The van der Waals surface area contributed by atoms with E-state index in [2.05, 4.69) is 22.3 Å². The molecule has 0 atom stereocenters. The number of nitrogens with zero attached hydrogens (tertiary/aromatic N) is 3. The van der Waals surface area contributed by atoms with E-state index in [1.807, 2.05) is 53.3 Å². The largest absolute Gasteiger partial charge is 0.497 e. The van der Waals surface area contributed by atoms with E-state index in [0.717, 1.165) is 49.7 Å². The minimum absolute atomic E-state index is 0.120. The van der Waals surface area contributed by atoms with Crippen LogP contribution in [0.3, 0.4) is 0 Å². The summed E-state index contributed by atoms with van der Waals surface area (Å²) in [6.45, 7) is 5.29. The molecule has 0 radical (unpaired) electrons. The van der Waals surface area contributed by atoms with Gasteiger partial charge in [0.2, 0.25) is 0 Å². The number of rotatable bonds is 8. The van der Waals surface area contributed by atoms with Gasteiger partial charge in [-0.1, -0.05) is 42.5 Å². The van der Waals surface area contributed by atoms with Crippen molar-refractivity contribution in [2.24, 2.45) is 0 Å². The van der Waals surface area contributed by atoms with E-state index in [4.69, 9.17) is 14.6 Å². The lowest BCUT2D eigenvalue weighted by atomic mass is 10.1. The standard InChI is InChI=1S/C24H28N4O3/c1-30-21-9-5-8-20(16-21)23-22(18-28(26-23)17-19-6-3-2-4-7-19)24(29)25-10-11-27-12-14-31-15-13-27/h2-9,16,18H,10-15,17H2,1H3,(H,25,29). The first-order valence-corrected chi connectivity index (χ1v) is 10.6. The second-order valence-electron chi connectivity index (χ2n) is 7.52. The summed E-state index contributed by atoms with van der Waals surface area (Å²) in [6, 6.07) is 17.7. The number of hydrogen-bond acceptors (Lipinski definition) is 5. The molecule has 0 spiro atoms. The molecule has 1 aliphatic heterocycles. The quantitative estimate of drug-likeness (QED) is 0.607. The van der Waals surface area contributed by atoms with Crippen LogP contribution in [0.5, 0.6) is 5.75 Å². The van der Waals surface area contributed by atoms with Crippen molar-refractivity contribution in [3.8, 4) is 17.0 Å². The van der Waals surface area contributed by atoms with Crippen molar-refractivity contribution in [1.29, 1.82) is 0 Å². The fraction of sp³-hybridized carbons (Fsp3) is 0.333. The van der Waals surface area contributed by atoms with Gasteiger partial charge in [0.25, 0.3) is 5.91 Å². The average Bonchev–Trinajstić information content (AvgIpc) is 3.24. The van der Waals surface area contributed by atoms with Crippen molar-refractivity contribution >= 4 is 5.91 Å². The lowest BCUT2D eigenvalue weighted by Gasteiger charge is -2.26. The molecule has 1 aromatic heterocycles. The smallest absolute Gasteiger partial charge is 0.255 e. The van der Waals surface area contributed by atoms with E-state index in [0.29, 0.717) is 24.3 Å². The number of ether oxygens (including phenoxy) is 2. The van der Waals surface area contributed by atoms with Gasteiger partial charge in [-0.25, -0.2) is 0 Å². The zero-order valence-corrected chi connectivity index (χ0v) is 17.8. The lowest BCUT2D eigenvalue weighted by Crippen LogP contribution is -2.41. The predicted octanol–water partition coefficient (Wildman–Crippen LogP) is 2.67. The molecule has 1 amide bonds. The highest BCUT2D eigenvalue weighted by atomic mass is 16.5. The van der Waals surface area contributed by atoms with Crippen LogP contribution >= 0.6 is 0 Å². The minimum Gasteiger partial charge on any atom is -0.497 e. The van der Waals surface area contributed by atoms with Gasteiger partial charge in [0.1, 0.15) is 11.4 Å². The number of nitrogens with one attached hydrogen (secondary N) is 1. The Kier molecular flexibility index (Phi) is 6.96. The van der Waals surface area contributed by atoms with E-state index >= 15 is 0 Å². The van der Waals surface area contributed by atoms with E-state index in [-0.39, 0.29) is 5.91 Å². The highest BCUT2D eigenvalue weighted by Crippen LogP contribution is 2.26. The van der Waals surface area contributed by atoms with Gasteiger partial charge < -0.3 is 14.8 Å². The molecule has 162 valence electrons. The Balaban J connectivity index is 1.54. The van der Waals surface area contributed by atoms with Gasteiger partial charge in [-0.15, -0.1) is 0 Å². The van der Waals surface area contributed by atoms with Crippen molar-refractivity contribution < 1.29 is 14.3 Å². The molecule has 7 heteroatoms. The Morgan fingerprint density at radius 3 is 2.71 bits per heavy atom. The van der Waals surface area contributed by atoms with Crippen LogP contribution in [0.15, 0.2) is 60.8 Å². The van der Waals surface area contributed by atoms with Gasteiger partial charge in [-0.3, -0.25) is 14.4 Å². The Morgan fingerprint density at radius 2 is 1.94 bits per heavy atom. The summed E-state index contributed by atoms with van der Waals surface area (Å²) in [7, 11) is 1.63. The van der Waals surface area contributed by atoms with Crippen LogP contribution < -0.4 is 10.1 Å². The third-order valence-electron chi connectivity index (χ3n) is 5.35. The van der Waals surface area contributed by atoms with Crippen molar-refractivity contribution in [2.75, 3.05) is 46.5 Å². The number of aromatic nitrogens is 2. The number of methoxy groups -OCH3 is 1. The average molecular weight is 421 g/mol. The van der Waals surface area contributed by atoms with Crippen molar-refractivity contribution in [1.82, 2.24) is 20.0 Å². The van der Waals surface area contributed by atoms with Gasteiger partial charge in [0, 0.05) is 37.9 Å². The van der Waals surface area contributed by atoms with Crippen LogP contribution in [-0.2, 0) is 11.3 Å². The third-order valence-corrected chi connectivity index (χ3v) is 5.35. The van der Waals surface area contributed by atoms with Gasteiger partial charge >= 0.3 is 0 Å². The molecule has 1 aliphatic rings. The lowest BCUT2D eigenvalue weighted by molar-refractivity contribution is 0.0383. The number of hydrogen-bond donors (Lipinski definition) is 1. The summed E-state index contributed by atoms with van der Waals surface area (Å²) in [6.07, 6.45) is 1.83. The zero-order chi connectivity index (χ0) is 21.5. The SMILES string of the molecule is COc1cccc(-c2nn(Cc3ccccc3)cc2C(=O)NCCN2CCOCC2)c1. The van der Waals surface area contributed by atoms with Crippen LogP contribution in [0.25, 0.3) is 11.3 Å². The number of morpholine rings is 1. The van der Waals surface area contributed by atoms with E-state index in [1.54, 1.807) is 7.11 Å². The van der Waals surface area contributed by atoms with Crippen LogP contribution in [0.4, 0.5) is 0 Å². The normalized spacial score (nSPS) is 14.4. The summed E-state index contributed by atoms with van der Waals surface area (Å²) in [4.78, 5) is 15.4. The van der Waals surface area contributed by atoms with E-state index < -0.39 is 0 Å². The van der Waals surface area contributed by atoms with Gasteiger partial charge in [-0.2, -0.15) is 5.10 Å². The summed E-state index contributed by atoms with van der Waals surface area (Å²) in [5, 5.41) is 7.80. The molecular weight excluding hydrogens is 392 g/mol. The first-order valence-electron chi connectivity index (χ1n) is 10.6. The van der Waals surface area contributed by atoms with Crippen molar-refractivity contribution in [3.63, 3.8) is 0 Å². The summed E-state index contributed by atoms with van der Waals surface area (Å²) in [5.74, 6) is 0.610. The van der Waals surface area contributed by atoms with Gasteiger partial charge in [-0.05, 0) is 17.7 Å². The molecule has 2 heterocycles. The van der Waals surface area contributed by atoms with Crippen molar-refractivity contribution in [2.45, 2.75) is 6.54 Å². The molecule has 3 aromatic rings. The molecule has 31 heavy (non-hydrogen) atoms. The molecule has 2 aromatic carbocycles. The van der Waals surface area contributed by atoms with Crippen LogP contribution in [0, 0.1) is 0 Å². The monoisotopic (exact) mass is 420 g/mol. The maximum atomic E-state index is 13.1. The third kappa shape index (κ3) is 5.51. The van der Waals surface area contributed by atoms with E-state index in [9.17, 15) is 4.79 Å². The number of benzene rings is 2. The Hall–Kier alpha value is -3.16. The van der Waals surface area contributed by atoms with Crippen LogP contribution in [0.1, 0.15) is 15.9 Å².